The number of nitrogen functional groups attached to an aromatic ring is 1. The highest BCUT2D eigenvalue weighted by Gasteiger charge is 2.24. The largest absolute Gasteiger partial charge is 0.382 e. The van der Waals surface area contributed by atoms with Gasteiger partial charge in [0.15, 0.2) is 5.13 Å². The monoisotopic (exact) mass is 288 g/mol. The zero-order chi connectivity index (χ0) is 14.1. The molecule has 0 unspecified atom stereocenters. The first-order valence-corrected chi connectivity index (χ1v) is 7.34. The number of rotatable bonds is 4. The number of carbonyl (C=O) groups is 1. The fourth-order valence-electron chi connectivity index (χ4n) is 1.78. The van der Waals surface area contributed by atoms with E-state index >= 15 is 0 Å². The Bertz CT molecular complexity index is 631. The van der Waals surface area contributed by atoms with Crippen LogP contribution in [-0.2, 0) is 0 Å². The first-order valence-electron chi connectivity index (χ1n) is 6.52. The molecule has 104 valence electrons. The Morgan fingerprint density at radius 1 is 1.35 bits per heavy atom. The van der Waals surface area contributed by atoms with Crippen molar-refractivity contribution in [2.45, 2.75) is 25.8 Å². The number of nitrogens with one attached hydrogen (secondary N) is 2. The van der Waals surface area contributed by atoms with E-state index < -0.39 is 0 Å². The van der Waals surface area contributed by atoms with Gasteiger partial charge in [-0.05, 0) is 31.9 Å². The quantitative estimate of drug-likeness (QED) is 0.808. The molecule has 0 saturated heterocycles. The number of benzene rings is 1. The summed E-state index contributed by atoms with van der Waals surface area (Å²) < 4.78 is 0. The summed E-state index contributed by atoms with van der Waals surface area (Å²) in [7, 11) is 0. The van der Waals surface area contributed by atoms with Gasteiger partial charge in [-0.1, -0.05) is 29.0 Å². The van der Waals surface area contributed by atoms with Crippen LogP contribution in [0.15, 0.2) is 24.3 Å². The second-order valence-corrected chi connectivity index (χ2v) is 5.97. The van der Waals surface area contributed by atoms with E-state index in [1.54, 1.807) is 0 Å². The Balaban J connectivity index is 1.72. The molecule has 1 aliphatic carbocycles. The summed E-state index contributed by atoms with van der Waals surface area (Å²) in [6.07, 6.45) is 2.31. The van der Waals surface area contributed by atoms with Crippen LogP contribution in [0.3, 0.4) is 0 Å². The van der Waals surface area contributed by atoms with Gasteiger partial charge in [0.25, 0.3) is 5.91 Å². The highest BCUT2D eigenvalue weighted by atomic mass is 32.1. The molecule has 5 nitrogen and oxygen atoms in total. The van der Waals surface area contributed by atoms with Gasteiger partial charge in [0.1, 0.15) is 10.7 Å². The maximum Gasteiger partial charge on any atom is 0.269 e. The number of anilines is 3. The predicted octanol–water partition coefficient (Wildman–Crippen LogP) is 2.86. The molecule has 1 aliphatic rings. The molecule has 3 rings (SSSR count). The zero-order valence-corrected chi connectivity index (χ0v) is 12.0. The summed E-state index contributed by atoms with van der Waals surface area (Å²) in [5, 5.41) is 6.80. The lowest BCUT2D eigenvalue weighted by molar-refractivity contribution is 0.103. The molecular formula is C14H16N4OS. The third-order valence-corrected chi connectivity index (χ3v) is 4.08. The summed E-state index contributed by atoms with van der Waals surface area (Å²) in [4.78, 5) is 16.8. The Labute approximate surface area is 121 Å². The van der Waals surface area contributed by atoms with Crippen molar-refractivity contribution in [2.75, 3.05) is 16.4 Å². The van der Waals surface area contributed by atoms with Crippen molar-refractivity contribution >= 4 is 33.9 Å². The van der Waals surface area contributed by atoms with Gasteiger partial charge in [-0.25, -0.2) is 4.98 Å². The van der Waals surface area contributed by atoms with Gasteiger partial charge in [0.05, 0.1) is 0 Å². The highest BCUT2D eigenvalue weighted by molar-refractivity contribution is 7.18. The molecule has 0 aliphatic heterocycles. The smallest absolute Gasteiger partial charge is 0.269 e. The van der Waals surface area contributed by atoms with Gasteiger partial charge >= 0.3 is 0 Å². The molecule has 0 spiro atoms. The van der Waals surface area contributed by atoms with Gasteiger partial charge in [-0.15, -0.1) is 0 Å². The SMILES string of the molecule is Cc1ccc(NC(=O)c2sc(NC3CC3)nc2N)cc1. The van der Waals surface area contributed by atoms with Gasteiger partial charge < -0.3 is 16.4 Å². The lowest BCUT2D eigenvalue weighted by atomic mass is 10.2. The molecule has 1 saturated carbocycles. The number of thiazole rings is 1. The maximum atomic E-state index is 12.2. The van der Waals surface area contributed by atoms with E-state index in [9.17, 15) is 4.79 Å². The van der Waals surface area contributed by atoms with Crippen LogP contribution >= 0.6 is 11.3 Å². The van der Waals surface area contributed by atoms with Gasteiger partial charge in [-0.2, -0.15) is 0 Å². The Kier molecular flexibility index (Phi) is 3.31. The van der Waals surface area contributed by atoms with Crippen LogP contribution in [0.1, 0.15) is 28.1 Å². The number of hydrogen-bond donors (Lipinski definition) is 3. The van der Waals surface area contributed by atoms with Crippen molar-refractivity contribution < 1.29 is 4.79 Å². The average Bonchev–Trinajstić information content (AvgIpc) is 3.14. The standard InChI is InChI=1S/C14H16N4OS/c1-8-2-4-9(5-3-8)16-13(19)11-12(15)18-14(20-11)17-10-6-7-10/h2-5,10H,6-7,15H2,1H3,(H,16,19)(H,17,18). The van der Waals surface area contributed by atoms with Crippen molar-refractivity contribution in [3.63, 3.8) is 0 Å². The summed E-state index contributed by atoms with van der Waals surface area (Å²) in [6, 6.07) is 8.13. The third kappa shape index (κ3) is 2.91. The summed E-state index contributed by atoms with van der Waals surface area (Å²) in [5.74, 6) is 0.0652. The molecule has 1 heterocycles. The van der Waals surface area contributed by atoms with Crippen LogP contribution in [-0.4, -0.2) is 16.9 Å². The molecule has 20 heavy (non-hydrogen) atoms. The van der Waals surface area contributed by atoms with Crippen molar-refractivity contribution in [1.82, 2.24) is 4.98 Å². The minimum absolute atomic E-state index is 0.215. The van der Waals surface area contributed by atoms with E-state index in [-0.39, 0.29) is 11.7 Å². The van der Waals surface area contributed by atoms with Gasteiger partial charge in [0, 0.05) is 11.7 Å². The van der Waals surface area contributed by atoms with Crippen molar-refractivity contribution in [1.29, 1.82) is 0 Å². The molecular weight excluding hydrogens is 272 g/mol. The summed E-state index contributed by atoms with van der Waals surface area (Å²) in [5.41, 5.74) is 7.72. The Morgan fingerprint density at radius 2 is 2.05 bits per heavy atom. The zero-order valence-electron chi connectivity index (χ0n) is 11.1. The van der Waals surface area contributed by atoms with E-state index in [1.165, 1.54) is 11.3 Å². The minimum Gasteiger partial charge on any atom is -0.382 e. The maximum absolute atomic E-state index is 12.2. The van der Waals surface area contributed by atoms with Crippen LogP contribution in [0.2, 0.25) is 0 Å². The first kappa shape index (κ1) is 12.9. The average molecular weight is 288 g/mol. The van der Waals surface area contributed by atoms with E-state index in [1.807, 2.05) is 31.2 Å². The molecule has 4 N–H and O–H groups in total. The van der Waals surface area contributed by atoms with E-state index in [0.29, 0.717) is 10.9 Å². The van der Waals surface area contributed by atoms with Crippen LogP contribution in [0, 0.1) is 6.92 Å². The molecule has 0 bridgehead atoms. The van der Waals surface area contributed by atoms with Crippen LogP contribution < -0.4 is 16.4 Å². The second-order valence-electron chi connectivity index (χ2n) is 4.97. The van der Waals surface area contributed by atoms with Crippen LogP contribution in [0.25, 0.3) is 0 Å². The van der Waals surface area contributed by atoms with E-state index in [2.05, 4.69) is 15.6 Å². The molecule has 0 radical (unpaired) electrons. The molecule has 1 fully saturated rings. The number of nitrogens with zero attached hydrogens (tertiary/aromatic N) is 1. The second kappa shape index (κ2) is 5.13. The van der Waals surface area contributed by atoms with Gasteiger partial charge in [0.2, 0.25) is 0 Å². The number of carbonyl (C=O) groups excluding carboxylic acids is 1. The number of aromatic nitrogens is 1. The number of aryl methyl sites for hydroxylation is 1. The highest BCUT2D eigenvalue weighted by Crippen LogP contribution is 2.30. The van der Waals surface area contributed by atoms with E-state index in [4.69, 9.17) is 5.73 Å². The molecule has 1 aromatic carbocycles. The normalized spacial score (nSPS) is 14.1. The van der Waals surface area contributed by atoms with E-state index in [0.717, 1.165) is 29.2 Å². The predicted molar refractivity (Wildman–Crippen MR) is 82.3 cm³/mol. The van der Waals surface area contributed by atoms with Crippen LogP contribution in [0.4, 0.5) is 16.6 Å². The first-order chi connectivity index (χ1) is 9.61. The lowest BCUT2D eigenvalue weighted by Gasteiger charge is -2.03. The van der Waals surface area contributed by atoms with Crippen molar-refractivity contribution in [3.8, 4) is 0 Å². The fraction of sp³-hybridized carbons (Fsp3) is 0.286. The number of nitrogens with two attached hydrogens (primary N) is 1. The lowest BCUT2D eigenvalue weighted by Crippen LogP contribution is -2.12. The third-order valence-electron chi connectivity index (χ3n) is 3.07. The molecule has 2 aromatic rings. The summed E-state index contributed by atoms with van der Waals surface area (Å²) in [6.45, 7) is 2.00. The molecule has 0 atom stereocenters. The topological polar surface area (TPSA) is 80.0 Å². The fourth-order valence-corrected chi connectivity index (χ4v) is 2.64. The van der Waals surface area contributed by atoms with Crippen LogP contribution in [0.5, 0.6) is 0 Å². The van der Waals surface area contributed by atoms with Gasteiger partial charge in [-0.3, -0.25) is 4.79 Å². The minimum atomic E-state index is -0.215. The molecule has 1 aromatic heterocycles. The molecule has 6 heteroatoms. The summed E-state index contributed by atoms with van der Waals surface area (Å²) >= 11 is 1.30. The van der Waals surface area contributed by atoms with Crippen molar-refractivity contribution in [2.24, 2.45) is 0 Å². The van der Waals surface area contributed by atoms with Crippen molar-refractivity contribution in [3.05, 3.63) is 34.7 Å². The molecule has 1 amide bonds. The number of hydrogen-bond acceptors (Lipinski definition) is 5. The number of amides is 1. The Hall–Kier alpha value is -2.08. The Morgan fingerprint density at radius 3 is 2.70 bits per heavy atom.